The molecule has 2 aromatic heterocycles. The van der Waals surface area contributed by atoms with E-state index in [1.54, 1.807) is 0 Å². The lowest BCUT2D eigenvalue weighted by atomic mass is 9.94. The van der Waals surface area contributed by atoms with Gasteiger partial charge < -0.3 is 14.2 Å². The maximum Gasteiger partial charge on any atom is 0.240 e. The van der Waals surface area contributed by atoms with Crippen LogP contribution in [-0.4, -0.2) is 52.7 Å². The van der Waals surface area contributed by atoms with E-state index in [0.717, 1.165) is 13.0 Å². The molecule has 5 rings (SSSR count). The predicted octanol–water partition coefficient (Wildman–Crippen LogP) is 3.54. The van der Waals surface area contributed by atoms with E-state index >= 15 is 0 Å². The normalized spacial score (nSPS) is 21.2. The number of hydrogen-bond donors (Lipinski definition) is 1. The number of amides is 1. The largest absolute Gasteiger partial charge is 0.378 e. The van der Waals surface area contributed by atoms with Crippen LogP contribution < -0.4 is 5.32 Å². The minimum Gasteiger partial charge on any atom is -0.378 e. The monoisotopic (exact) mass is 432 g/mol. The smallest absolute Gasteiger partial charge is 0.240 e. The van der Waals surface area contributed by atoms with Crippen LogP contribution in [0.1, 0.15) is 43.0 Å². The number of nitrogens with one attached hydrogen (secondary N) is 1. The summed E-state index contributed by atoms with van der Waals surface area (Å²) in [6.45, 7) is 7.88. The van der Waals surface area contributed by atoms with E-state index < -0.39 is 0 Å². The van der Waals surface area contributed by atoms with Crippen LogP contribution in [0.25, 0.3) is 10.9 Å². The number of ether oxygens (including phenoxy) is 1. The van der Waals surface area contributed by atoms with Gasteiger partial charge in [0.1, 0.15) is 0 Å². The first kappa shape index (κ1) is 21.2. The summed E-state index contributed by atoms with van der Waals surface area (Å²) in [5, 5.41) is 5.07. The average Bonchev–Trinajstić information content (AvgIpc) is 3.07. The highest BCUT2D eigenvalue weighted by Crippen LogP contribution is 2.36. The van der Waals surface area contributed by atoms with Gasteiger partial charge >= 0.3 is 0 Å². The third kappa shape index (κ3) is 4.17. The summed E-state index contributed by atoms with van der Waals surface area (Å²) >= 11 is 0. The maximum atomic E-state index is 13.5. The molecule has 6 nitrogen and oxygen atoms in total. The number of nitrogens with zero attached hydrogens (tertiary/aromatic N) is 3. The zero-order chi connectivity index (χ0) is 22.1. The molecule has 0 saturated carbocycles. The van der Waals surface area contributed by atoms with E-state index in [4.69, 9.17) is 4.74 Å². The standard InChI is InChI=1S/C26H32N4O2/c1-18(2)13-22-21-6-3-7-24-25(21)20(17-30(24)16-19-5-4-8-27-15-19)14-23(28-22)26(31)29-9-11-32-12-10-29/h3-8,15,17-18,22-23,28H,9-14,16H2,1-2H3. The highest BCUT2D eigenvalue weighted by Gasteiger charge is 2.33. The number of aromatic nitrogens is 2. The minimum absolute atomic E-state index is 0.157. The van der Waals surface area contributed by atoms with Crippen molar-refractivity contribution >= 4 is 16.8 Å². The first-order chi connectivity index (χ1) is 15.6. The molecule has 3 aromatic rings. The van der Waals surface area contributed by atoms with Crippen molar-refractivity contribution in [1.82, 2.24) is 19.8 Å². The fourth-order valence-electron chi connectivity index (χ4n) is 5.17. The first-order valence-corrected chi connectivity index (χ1v) is 11.7. The molecule has 0 aliphatic carbocycles. The Morgan fingerprint density at radius 3 is 2.81 bits per heavy atom. The second-order valence-corrected chi connectivity index (χ2v) is 9.43. The van der Waals surface area contributed by atoms with E-state index in [2.05, 4.69) is 59.2 Å². The summed E-state index contributed by atoms with van der Waals surface area (Å²) < 4.78 is 7.79. The second kappa shape index (κ2) is 9.04. The fraction of sp³-hybridized carbons (Fsp3) is 0.462. The summed E-state index contributed by atoms with van der Waals surface area (Å²) in [7, 11) is 0. The van der Waals surface area contributed by atoms with Gasteiger partial charge in [0.15, 0.2) is 0 Å². The zero-order valence-electron chi connectivity index (χ0n) is 19.0. The third-order valence-corrected chi connectivity index (χ3v) is 6.62. The van der Waals surface area contributed by atoms with Crippen LogP contribution in [0.2, 0.25) is 0 Å². The quantitative estimate of drug-likeness (QED) is 0.670. The van der Waals surface area contributed by atoms with E-state index in [9.17, 15) is 4.79 Å². The highest BCUT2D eigenvalue weighted by atomic mass is 16.5. The Kier molecular flexibility index (Phi) is 5.98. The van der Waals surface area contributed by atoms with Gasteiger partial charge in [-0.3, -0.25) is 15.1 Å². The lowest BCUT2D eigenvalue weighted by Gasteiger charge is -2.32. The Balaban J connectivity index is 1.55. The molecule has 1 saturated heterocycles. The summed E-state index contributed by atoms with van der Waals surface area (Å²) in [4.78, 5) is 19.7. The number of carbonyl (C=O) groups is 1. The van der Waals surface area contributed by atoms with E-state index in [-0.39, 0.29) is 18.0 Å². The van der Waals surface area contributed by atoms with Gasteiger partial charge in [0, 0.05) is 55.2 Å². The highest BCUT2D eigenvalue weighted by molar-refractivity contribution is 5.90. The molecule has 1 fully saturated rings. The van der Waals surface area contributed by atoms with Gasteiger partial charge in [0.25, 0.3) is 0 Å². The van der Waals surface area contributed by atoms with Crippen molar-refractivity contribution in [3.05, 3.63) is 65.6 Å². The van der Waals surface area contributed by atoms with E-state index in [1.807, 2.05) is 23.4 Å². The van der Waals surface area contributed by atoms with Gasteiger partial charge in [-0.1, -0.05) is 32.0 Å². The second-order valence-electron chi connectivity index (χ2n) is 9.43. The van der Waals surface area contributed by atoms with Crippen LogP contribution >= 0.6 is 0 Å². The number of pyridine rings is 1. The summed E-state index contributed by atoms with van der Waals surface area (Å²) in [5.74, 6) is 0.726. The molecule has 1 aromatic carbocycles. The van der Waals surface area contributed by atoms with Gasteiger partial charge in [-0.05, 0) is 47.6 Å². The van der Waals surface area contributed by atoms with Crippen LogP contribution in [-0.2, 0) is 22.5 Å². The van der Waals surface area contributed by atoms with Gasteiger partial charge in [0.05, 0.1) is 19.3 Å². The molecule has 0 radical (unpaired) electrons. The van der Waals surface area contributed by atoms with Crippen LogP contribution in [0.3, 0.4) is 0 Å². The predicted molar refractivity (Wildman–Crippen MR) is 125 cm³/mol. The van der Waals surface area contributed by atoms with Crippen LogP contribution in [0.15, 0.2) is 48.9 Å². The third-order valence-electron chi connectivity index (χ3n) is 6.62. The topological polar surface area (TPSA) is 59.4 Å². The summed E-state index contributed by atoms with van der Waals surface area (Å²) in [5.41, 5.74) is 4.98. The molecule has 2 unspecified atom stereocenters. The molecule has 1 N–H and O–H groups in total. The summed E-state index contributed by atoms with van der Waals surface area (Å²) in [6.07, 6.45) is 7.69. The summed E-state index contributed by atoms with van der Waals surface area (Å²) in [6, 6.07) is 10.6. The maximum absolute atomic E-state index is 13.5. The van der Waals surface area contributed by atoms with Gasteiger partial charge in [-0.25, -0.2) is 0 Å². The zero-order valence-corrected chi connectivity index (χ0v) is 19.0. The number of morpholine rings is 1. The molecule has 0 spiro atoms. The van der Waals surface area contributed by atoms with Crippen LogP contribution in [0.4, 0.5) is 0 Å². The SMILES string of the molecule is CC(C)CC1NC(C(=O)N2CCOCC2)Cc2cn(Cc3cccnc3)c3cccc1c23. The molecule has 4 heterocycles. The molecule has 168 valence electrons. The Morgan fingerprint density at radius 2 is 2.06 bits per heavy atom. The van der Waals surface area contributed by atoms with Crippen molar-refractivity contribution in [3.8, 4) is 0 Å². The minimum atomic E-state index is -0.221. The molecular weight excluding hydrogens is 400 g/mol. The molecule has 2 atom stereocenters. The number of hydrogen-bond acceptors (Lipinski definition) is 4. The van der Waals surface area contributed by atoms with Crippen LogP contribution in [0, 0.1) is 5.92 Å². The van der Waals surface area contributed by atoms with Crippen molar-refractivity contribution in [1.29, 1.82) is 0 Å². The van der Waals surface area contributed by atoms with Crippen molar-refractivity contribution in [2.45, 2.75) is 45.3 Å². The van der Waals surface area contributed by atoms with E-state index in [0.29, 0.717) is 38.6 Å². The molecule has 2 aliphatic heterocycles. The van der Waals surface area contributed by atoms with Gasteiger partial charge in [-0.15, -0.1) is 0 Å². The van der Waals surface area contributed by atoms with Gasteiger partial charge in [-0.2, -0.15) is 0 Å². The lowest BCUT2D eigenvalue weighted by molar-refractivity contribution is -0.137. The van der Waals surface area contributed by atoms with Crippen LogP contribution in [0.5, 0.6) is 0 Å². The van der Waals surface area contributed by atoms with Crippen molar-refractivity contribution in [3.63, 3.8) is 0 Å². The molecular formula is C26H32N4O2. The Hall–Kier alpha value is -2.70. The average molecular weight is 433 g/mol. The van der Waals surface area contributed by atoms with Crippen molar-refractivity contribution < 1.29 is 9.53 Å². The van der Waals surface area contributed by atoms with Crippen molar-refractivity contribution in [2.75, 3.05) is 26.3 Å². The van der Waals surface area contributed by atoms with E-state index in [1.165, 1.54) is 27.6 Å². The number of rotatable bonds is 5. The number of carbonyl (C=O) groups excluding carboxylic acids is 1. The molecule has 0 bridgehead atoms. The Bertz CT molecular complexity index is 1090. The number of benzene rings is 1. The first-order valence-electron chi connectivity index (χ1n) is 11.7. The molecule has 6 heteroatoms. The van der Waals surface area contributed by atoms with Crippen molar-refractivity contribution in [2.24, 2.45) is 5.92 Å². The Labute approximate surface area is 189 Å². The molecule has 1 amide bonds. The van der Waals surface area contributed by atoms with Gasteiger partial charge in [0.2, 0.25) is 5.91 Å². The molecule has 2 aliphatic rings. The fourth-order valence-corrected chi connectivity index (χ4v) is 5.17. The molecule has 32 heavy (non-hydrogen) atoms. The Morgan fingerprint density at radius 1 is 1.22 bits per heavy atom. The lowest BCUT2D eigenvalue weighted by Crippen LogP contribution is -2.51.